The van der Waals surface area contributed by atoms with Crippen molar-refractivity contribution in [1.82, 2.24) is 4.90 Å². The fourth-order valence-corrected chi connectivity index (χ4v) is 2.40. The maximum atomic E-state index is 11.2. The minimum atomic E-state index is -0.945. The molecule has 1 fully saturated rings. The van der Waals surface area contributed by atoms with Crippen molar-refractivity contribution >= 4 is 11.9 Å². The molecule has 1 aromatic rings. The zero-order valence-electron chi connectivity index (χ0n) is 10.4. The van der Waals surface area contributed by atoms with Crippen LogP contribution in [0.2, 0.25) is 0 Å². The van der Waals surface area contributed by atoms with Gasteiger partial charge in [0.25, 0.3) is 0 Å². The number of nitrogens with zero attached hydrogens (tertiary/aromatic N) is 1. The van der Waals surface area contributed by atoms with Crippen molar-refractivity contribution in [3.05, 3.63) is 23.7 Å². The summed E-state index contributed by atoms with van der Waals surface area (Å²) in [7, 11) is 0. The van der Waals surface area contributed by atoms with Crippen LogP contribution < -0.4 is 0 Å². The number of piperidine rings is 1. The molecule has 5 heteroatoms. The van der Waals surface area contributed by atoms with Crippen LogP contribution in [-0.4, -0.2) is 35.0 Å². The van der Waals surface area contributed by atoms with Gasteiger partial charge in [0.1, 0.15) is 11.3 Å². The lowest BCUT2D eigenvalue weighted by Crippen LogP contribution is -2.37. The van der Waals surface area contributed by atoms with E-state index in [0.29, 0.717) is 18.1 Å². The molecular weight excluding hydrogens is 234 g/mol. The molecule has 0 spiro atoms. The van der Waals surface area contributed by atoms with Gasteiger partial charge >= 0.3 is 5.97 Å². The van der Waals surface area contributed by atoms with E-state index in [1.165, 1.54) is 12.3 Å². The van der Waals surface area contributed by atoms with Crippen molar-refractivity contribution in [1.29, 1.82) is 0 Å². The Kier molecular flexibility index (Phi) is 3.69. The van der Waals surface area contributed by atoms with Gasteiger partial charge in [0, 0.05) is 26.4 Å². The first-order valence-corrected chi connectivity index (χ1v) is 6.13. The average molecular weight is 251 g/mol. The average Bonchev–Trinajstić information content (AvgIpc) is 2.78. The summed E-state index contributed by atoms with van der Waals surface area (Å²) in [4.78, 5) is 24.0. The Balaban J connectivity index is 1.93. The van der Waals surface area contributed by atoms with Crippen molar-refractivity contribution in [3.8, 4) is 0 Å². The SMILES string of the molecule is CC(=O)N1CCC(Cc2occc2C(=O)O)CC1. The number of furan rings is 1. The number of carboxylic acids is 1. The van der Waals surface area contributed by atoms with E-state index < -0.39 is 5.97 Å². The molecule has 1 aliphatic rings. The quantitative estimate of drug-likeness (QED) is 0.888. The lowest BCUT2D eigenvalue weighted by Gasteiger charge is -2.30. The molecular formula is C13H17NO4. The highest BCUT2D eigenvalue weighted by atomic mass is 16.4. The van der Waals surface area contributed by atoms with E-state index in [9.17, 15) is 9.59 Å². The largest absolute Gasteiger partial charge is 0.478 e. The normalized spacial score (nSPS) is 16.8. The standard InChI is InChI=1S/C13H17NO4/c1-9(15)14-5-2-10(3-6-14)8-12-11(13(16)17)4-7-18-12/h4,7,10H,2-3,5-6,8H2,1H3,(H,16,17). The highest BCUT2D eigenvalue weighted by Gasteiger charge is 2.23. The van der Waals surface area contributed by atoms with Gasteiger partial charge in [-0.05, 0) is 24.8 Å². The smallest absolute Gasteiger partial charge is 0.339 e. The number of hydrogen-bond donors (Lipinski definition) is 1. The Morgan fingerprint density at radius 3 is 2.67 bits per heavy atom. The Morgan fingerprint density at radius 2 is 2.11 bits per heavy atom. The first kappa shape index (κ1) is 12.7. The number of aromatic carboxylic acids is 1. The third-order valence-electron chi connectivity index (χ3n) is 3.51. The predicted molar refractivity (Wildman–Crippen MR) is 64.3 cm³/mol. The highest BCUT2D eigenvalue weighted by molar-refractivity contribution is 5.88. The van der Waals surface area contributed by atoms with Gasteiger partial charge in [0.05, 0.1) is 6.26 Å². The number of rotatable bonds is 3. The van der Waals surface area contributed by atoms with Crippen LogP contribution in [0.5, 0.6) is 0 Å². The second-order valence-corrected chi connectivity index (χ2v) is 4.72. The van der Waals surface area contributed by atoms with Gasteiger partial charge in [-0.3, -0.25) is 4.79 Å². The van der Waals surface area contributed by atoms with Gasteiger partial charge in [0.2, 0.25) is 5.91 Å². The van der Waals surface area contributed by atoms with Crippen LogP contribution in [0.3, 0.4) is 0 Å². The third-order valence-corrected chi connectivity index (χ3v) is 3.51. The molecule has 0 bridgehead atoms. The first-order valence-electron chi connectivity index (χ1n) is 6.13. The van der Waals surface area contributed by atoms with Crippen LogP contribution in [0, 0.1) is 5.92 Å². The second-order valence-electron chi connectivity index (χ2n) is 4.72. The monoisotopic (exact) mass is 251 g/mol. The molecule has 1 amide bonds. The Hall–Kier alpha value is -1.78. The number of likely N-dealkylation sites (tertiary alicyclic amines) is 1. The summed E-state index contributed by atoms with van der Waals surface area (Å²) >= 11 is 0. The maximum absolute atomic E-state index is 11.2. The van der Waals surface area contributed by atoms with Gasteiger partial charge in [-0.1, -0.05) is 0 Å². The van der Waals surface area contributed by atoms with E-state index in [4.69, 9.17) is 9.52 Å². The third kappa shape index (κ3) is 2.72. The van der Waals surface area contributed by atoms with Gasteiger partial charge in [-0.25, -0.2) is 4.79 Å². The first-order chi connectivity index (χ1) is 8.58. The molecule has 0 radical (unpaired) electrons. The van der Waals surface area contributed by atoms with Crippen LogP contribution in [0.4, 0.5) is 0 Å². The van der Waals surface area contributed by atoms with E-state index in [1.807, 2.05) is 4.90 Å². The van der Waals surface area contributed by atoms with E-state index in [1.54, 1.807) is 6.92 Å². The van der Waals surface area contributed by atoms with Crippen LogP contribution in [0.25, 0.3) is 0 Å². The van der Waals surface area contributed by atoms with Gasteiger partial charge in [0.15, 0.2) is 0 Å². The van der Waals surface area contributed by atoms with Gasteiger partial charge < -0.3 is 14.4 Å². The summed E-state index contributed by atoms with van der Waals surface area (Å²) in [6, 6.07) is 1.49. The highest BCUT2D eigenvalue weighted by Crippen LogP contribution is 2.24. The summed E-state index contributed by atoms with van der Waals surface area (Å²) in [5.41, 5.74) is 0.254. The fraction of sp³-hybridized carbons (Fsp3) is 0.538. The summed E-state index contributed by atoms with van der Waals surface area (Å²) in [5, 5.41) is 8.99. The molecule has 98 valence electrons. The van der Waals surface area contributed by atoms with E-state index >= 15 is 0 Å². The van der Waals surface area contributed by atoms with Crippen LogP contribution >= 0.6 is 0 Å². The minimum absolute atomic E-state index is 0.109. The molecule has 0 aliphatic carbocycles. The number of carbonyl (C=O) groups is 2. The number of amides is 1. The summed E-state index contributed by atoms with van der Waals surface area (Å²) in [5.74, 6) is 0.103. The zero-order chi connectivity index (χ0) is 13.1. The number of carboxylic acid groups (broad SMARTS) is 1. The molecule has 18 heavy (non-hydrogen) atoms. The van der Waals surface area contributed by atoms with Gasteiger partial charge in [-0.15, -0.1) is 0 Å². The summed E-state index contributed by atoms with van der Waals surface area (Å²) in [6.07, 6.45) is 3.86. The number of carbonyl (C=O) groups excluding carboxylic acids is 1. The van der Waals surface area contributed by atoms with Crippen molar-refractivity contribution in [3.63, 3.8) is 0 Å². The molecule has 2 heterocycles. The summed E-state index contributed by atoms with van der Waals surface area (Å²) in [6.45, 7) is 3.08. The Bertz CT molecular complexity index is 444. The predicted octanol–water partition coefficient (Wildman–Crippen LogP) is 1.78. The van der Waals surface area contributed by atoms with Crippen LogP contribution in [0.15, 0.2) is 16.7 Å². The fourth-order valence-electron chi connectivity index (χ4n) is 2.40. The molecule has 0 saturated carbocycles. The molecule has 1 N–H and O–H groups in total. The molecule has 2 rings (SSSR count). The van der Waals surface area contributed by atoms with Crippen molar-refractivity contribution in [2.75, 3.05) is 13.1 Å². The zero-order valence-corrected chi connectivity index (χ0v) is 10.4. The molecule has 0 aromatic carbocycles. The number of hydrogen-bond acceptors (Lipinski definition) is 3. The lowest BCUT2D eigenvalue weighted by atomic mass is 9.91. The van der Waals surface area contributed by atoms with Crippen LogP contribution in [-0.2, 0) is 11.2 Å². The van der Waals surface area contributed by atoms with Crippen molar-refractivity contribution in [2.24, 2.45) is 5.92 Å². The molecule has 1 aliphatic heterocycles. The molecule has 1 saturated heterocycles. The van der Waals surface area contributed by atoms with Crippen molar-refractivity contribution in [2.45, 2.75) is 26.2 Å². The molecule has 1 aromatic heterocycles. The second kappa shape index (κ2) is 5.25. The molecule has 0 unspecified atom stereocenters. The van der Waals surface area contributed by atoms with Crippen molar-refractivity contribution < 1.29 is 19.1 Å². The maximum Gasteiger partial charge on any atom is 0.339 e. The van der Waals surface area contributed by atoms with Crippen LogP contribution in [0.1, 0.15) is 35.9 Å². The minimum Gasteiger partial charge on any atom is -0.478 e. The molecule has 0 atom stereocenters. The lowest BCUT2D eigenvalue weighted by molar-refractivity contribution is -0.130. The van der Waals surface area contributed by atoms with E-state index in [-0.39, 0.29) is 11.5 Å². The van der Waals surface area contributed by atoms with Gasteiger partial charge in [-0.2, -0.15) is 0 Å². The Labute approximate surface area is 105 Å². The Morgan fingerprint density at radius 1 is 1.44 bits per heavy atom. The molecule has 5 nitrogen and oxygen atoms in total. The topological polar surface area (TPSA) is 70.8 Å². The van der Waals surface area contributed by atoms with E-state index in [2.05, 4.69) is 0 Å². The summed E-state index contributed by atoms with van der Waals surface area (Å²) < 4.78 is 5.24. The van der Waals surface area contributed by atoms with E-state index in [0.717, 1.165) is 25.9 Å².